The minimum absolute atomic E-state index is 0.100. The zero-order valence-corrected chi connectivity index (χ0v) is 11.7. The van der Waals surface area contributed by atoms with Gasteiger partial charge in [0.2, 0.25) is 0 Å². The summed E-state index contributed by atoms with van der Waals surface area (Å²) in [5, 5.41) is 8.89. The van der Waals surface area contributed by atoms with E-state index in [1.165, 1.54) is 6.07 Å². The highest BCUT2D eigenvalue weighted by molar-refractivity contribution is 5.53. The zero-order valence-electron chi connectivity index (χ0n) is 11.7. The normalized spacial score (nSPS) is 10.1. The summed E-state index contributed by atoms with van der Waals surface area (Å²) in [6, 6.07) is 14.9. The molecule has 0 amide bonds. The standard InChI is InChI=1S/C17H17FN2/c1-3-20(16-10-5-4-7-13(16)2)12-15-9-6-8-14(11-19)17(15)18/h4-10H,3,12H2,1-2H3. The number of nitriles is 1. The quantitative estimate of drug-likeness (QED) is 0.837. The minimum Gasteiger partial charge on any atom is -0.367 e. The fourth-order valence-electron chi connectivity index (χ4n) is 2.28. The Balaban J connectivity index is 2.33. The maximum absolute atomic E-state index is 14.1. The third-order valence-electron chi connectivity index (χ3n) is 3.40. The van der Waals surface area contributed by atoms with Gasteiger partial charge in [0, 0.05) is 24.3 Å². The second kappa shape index (κ2) is 6.21. The van der Waals surface area contributed by atoms with Crippen molar-refractivity contribution in [3.8, 4) is 6.07 Å². The van der Waals surface area contributed by atoms with Crippen LogP contribution in [0.4, 0.5) is 10.1 Å². The number of rotatable bonds is 4. The van der Waals surface area contributed by atoms with E-state index in [9.17, 15) is 4.39 Å². The van der Waals surface area contributed by atoms with E-state index in [1.54, 1.807) is 12.1 Å². The molecule has 20 heavy (non-hydrogen) atoms. The van der Waals surface area contributed by atoms with Gasteiger partial charge in [0.15, 0.2) is 0 Å². The molecule has 0 aromatic heterocycles. The molecule has 0 atom stereocenters. The Kier molecular flexibility index (Phi) is 4.37. The first-order valence-electron chi connectivity index (χ1n) is 6.65. The zero-order chi connectivity index (χ0) is 14.5. The molecule has 2 aromatic rings. The van der Waals surface area contributed by atoms with E-state index in [-0.39, 0.29) is 5.56 Å². The van der Waals surface area contributed by atoms with Crippen molar-refractivity contribution in [3.63, 3.8) is 0 Å². The third kappa shape index (κ3) is 2.80. The lowest BCUT2D eigenvalue weighted by molar-refractivity contribution is 0.601. The minimum atomic E-state index is -0.415. The Morgan fingerprint density at radius 1 is 1.15 bits per heavy atom. The highest BCUT2D eigenvalue weighted by Crippen LogP contribution is 2.23. The van der Waals surface area contributed by atoms with E-state index in [0.717, 1.165) is 17.8 Å². The summed E-state index contributed by atoms with van der Waals surface area (Å²) in [5.74, 6) is -0.415. The van der Waals surface area contributed by atoms with Crippen LogP contribution in [-0.2, 0) is 6.54 Å². The van der Waals surface area contributed by atoms with Crippen LogP contribution in [0.2, 0.25) is 0 Å². The van der Waals surface area contributed by atoms with Crippen molar-refractivity contribution >= 4 is 5.69 Å². The summed E-state index contributed by atoms with van der Waals surface area (Å²) in [6.07, 6.45) is 0. The van der Waals surface area contributed by atoms with Crippen LogP contribution in [0.25, 0.3) is 0 Å². The van der Waals surface area contributed by atoms with Crippen molar-refractivity contribution in [1.82, 2.24) is 0 Å². The molecule has 0 aliphatic heterocycles. The van der Waals surface area contributed by atoms with Crippen molar-refractivity contribution < 1.29 is 4.39 Å². The molecule has 0 radical (unpaired) electrons. The Hall–Kier alpha value is -2.34. The number of aryl methyl sites for hydroxylation is 1. The van der Waals surface area contributed by atoms with Crippen molar-refractivity contribution in [1.29, 1.82) is 5.26 Å². The third-order valence-corrected chi connectivity index (χ3v) is 3.40. The molecular weight excluding hydrogens is 251 g/mol. The van der Waals surface area contributed by atoms with Crippen LogP contribution < -0.4 is 4.90 Å². The number of benzene rings is 2. The summed E-state index contributed by atoms with van der Waals surface area (Å²) in [7, 11) is 0. The van der Waals surface area contributed by atoms with Gasteiger partial charge >= 0.3 is 0 Å². The number of para-hydroxylation sites is 1. The summed E-state index contributed by atoms with van der Waals surface area (Å²) in [6.45, 7) is 5.32. The van der Waals surface area contributed by atoms with Gasteiger partial charge < -0.3 is 4.90 Å². The van der Waals surface area contributed by atoms with Gasteiger partial charge in [-0.15, -0.1) is 0 Å². The summed E-state index contributed by atoms with van der Waals surface area (Å²) in [5.41, 5.74) is 2.90. The van der Waals surface area contributed by atoms with Gasteiger partial charge in [0.25, 0.3) is 0 Å². The first-order chi connectivity index (χ1) is 9.67. The molecule has 0 saturated heterocycles. The highest BCUT2D eigenvalue weighted by Gasteiger charge is 2.12. The Morgan fingerprint density at radius 2 is 1.90 bits per heavy atom. The van der Waals surface area contributed by atoms with Crippen molar-refractivity contribution in [2.24, 2.45) is 0 Å². The molecule has 0 aliphatic carbocycles. The average Bonchev–Trinajstić information content (AvgIpc) is 2.47. The monoisotopic (exact) mass is 268 g/mol. The van der Waals surface area contributed by atoms with Crippen LogP contribution in [0.1, 0.15) is 23.6 Å². The SMILES string of the molecule is CCN(Cc1cccc(C#N)c1F)c1ccccc1C. The molecule has 2 nitrogen and oxygen atoms in total. The molecule has 0 bridgehead atoms. The number of halogens is 1. The lowest BCUT2D eigenvalue weighted by atomic mass is 10.1. The van der Waals surface area contributed by atoms with Crippen molar-refractivity contribution in [2.75, 3.05) is 11.4 Å². The van der Waals surface area contributed by atoms with E-state index in [1.807, 2.05) is 44.2 Å². The van der Waals surface area contributed by atoms with Gasteiger partial charge in [0.1, 0.15) is 11.9 Å². The predicted octanol–water partition coefficient (Wildman–Crippen LogP) is 4.03. The molecule has 102 valence electrons. The molecular formula is C17H17FN2. The maximum atomic E-state index is 14.1. The first-order valence-corrected chi connectivity index (χ1v) is 6.65. The van der Waals surface area contributed by atoms with Gasteiger partial charge in [-0.2, -0.15) is 5.26 Å². The van der Waals surface area contributed by atoms with Gasteiger partial charge in [-0.3, -0.25) is 0 Å². The largest absolute Gasteiger partial charge is 0.367 e. The lowest BCUT2D eigenvalue weighted by Crippen LogP contribution is -2.23. The second-order valence-corrected chi connectivity index (χ2v) is 4.69. The smallest absolute Gasteiger partial charge is 0.145 e. The van der Waals surface area contributed by atoms with E-state index in [2.05, 4.69) is 4.90 Å². The Morgan fingerprint density at radius 3 is 2.55 bits per heavy atom. The predicted molar refractivity (Wildman–Crippen MR) is 79.0 cm³/mol. The van der Waals surface area contributed by atoms with Crippen LogP contribution in [0.3, 0.4) is 0 Å². The summed E-state index contributed by atoms with van der Waals surface area (Å²) >= 11 is 0. The molecule has 2 rings (SSSR count). The van der Waals surface area contributed by atoms with Crippen LogP contribution in [0, 0.1) is 24.1 Å². The summed E-state index contributed by atoms with van der Waals surface area (Å²) in [4.78, 5) is 2.11. The molecule has 0 N–H and O–H groups in total. The molecule has 0 spiro atoms. The molecule has 0 heterocycles. The topological polar surface area (TPSA) is 27.0 Å². The van der Waals surface area contributed by atoms with Gasteiger partial charge in [-0.1, -0.05) is 30.3 Å². The Labute approximate surface area is 119 Å². The molecule has 2 aromatic carbocycles. The van der Waals surface area contributed by atoms with Crippen LogP contribution >= 0.6 is 0 Å². The average molecular weight is 268 g/mol. The van der Waals surface area contributed by atoms with E-state index >= 15 is 0 Å². The van der Waals surface area contributed by atoms with Gasteiger partial charge in [-0.05, 0) is 31.5 Å². The molecule has 0 unspecified atom stereocenters. The number of hydrogen-bond donors (Lipinski definition) is 0. The van der Waals surface area contributed by atoms with Gasteiger partial charge in [-0.25, -0.2) is 4.39 Å². The molecule has 0 saturated carbocycles. The van der Waals surface area contributed by atoms with Crippen molar-refractivity contribution in [2.45, 2.75) is 20.4 Å². The van der Waals surface area contributed by atoms with Gasteiger partial charge in [0.05, 0.1) is 5.56 Å². The van der Waals surface area contributed by atoms with E-state index in [0.29, 0.717) is 12.1 Å². The highest BCUT2D eigenvalue weighted by atomic mass is 19.1. The van der Waals surface area contributed by atoms with Crippen LogP contribution in [0.5, 0.6) is 0 Å². The molecule has 3 heteroatoms. The lowest BCUT2D eigenvalue weighted by Gasteiger charge is -2.25. The fraction of sp³-hybridized carbons (Fsp3) is 0.235. The maximum Gasteiger partial charge on any atom is 0.145 e. The fourth-order valence-corrected chi connectivity index (χ4v) is 2.28. The molecule has 0 fully saturated rings. The number of nitrogens with zero attached hydrogens (tertiary/aromatic N) is 2. The van der Waals surface area contributed by atoms with Crippen LogP contribution in [0.15, 0.2) is 42.5 Å². The summed E-state index contributed by atoms with van der Waals surface area (Å²) < 4.78 is 14.1. The molecule has 0 aliphatic rings. The number of hydrogen-bond acceptors (Lipinski definition) is 2. The van der Waals surface area contributed by atoms with E-state index in [4.69, 9.17) is 5.26 Å². The number of anilines is 1. The second-order valence-electron chi connectivity index (χ2n) is 4.69. The first kappa shape index (κ1) is 14.1. The Bertz CT molecular complexity index is 644. The van der Waals surface area contributed by atoms with Crippen LogP contribution in [-0.4, -0.2) is 6.54 Å². The van der Waals surface area contributed by atoms with Crippen molar-refractivity contribution in [3.05, 3.63) is 65.0 Å². The van der Waals surface area contributed by atoms with E-state index < -0.39 is 5.82 Å².